The smallest absolute Gasteiger partial charge is 0.213 e. The van der Waals surface area contributed by atoms with Gasteiger partial charge in [-0.1, -0.05) is 0 Å². The molecule has 0 aromatic carbocycles. The van der Waals surface area contributed by atoms with Gasteiger partial charge in [0.15, 0.2) is 5.78 Å². The lowest BCUT2D eigenvalue weighted by Gasteiger charge is -2.03. The number of aryl methyl sites for hydroxylation is 1. The minimum atomic E-state index is -0.179. The summed E-state index contributed by atoms with van der Waals surface area (Å²) in [4.78, 5) is 15.2. The number of ether oxygens (including phenoxy) is 1. The minimum absolute atomic E-state index is 0.0282. The zero-order valence-electron chi connectivity index (χ0n) is 7.70. The minimum Gasteiger partial charge on any atom is -0.481 e. The molecule has 0 aliphatic heterocycles. The Balaban J connectivity index is 3.08. The number of nitrogens with two attached hydrogens (primary N) is 1. The molecule has 1 aromatic heterocycles. The van der Waals surface area contributed by atoms with E-state index in [0.29, 0.717) is 11.6 Å². The molecule has 0 aliphatic rings. The molecule has 1 rings (SSSR count). The Bertz CT molecular complexity index is 323. The average molecular weight is 180 g/mol. The maximum Gasteiger partial charge on any atom is 0.213 e. The van der Waals surface area contributed by atoms with Crippen molar-refractivity contribution in [2.45, 2.75) is 6.92 Å². The van der Waals surface area contributed by atoms with Crippen molar-refractivity contribution >= 4 is 5.78 Å². The van der Waals surface area contributed by atoms with E-state index in [1.54, 1.807) is 12.1 Å². The van der Waals surface area contributed by atoms with Crippen molar-refractivity contribution in [3.63, 3.8) is 0 Å². The zero-order chi connectivity index (χ0) is 9.84. The van der Waals surface area contributed by atoms with Gasteiger partial charge in [-0.15, -0.1) is 0 Å². The molecule has 0 saturated carbocycles. The van der Waals surface area contributed by atoms with Crippen LogP contribution in [0.5, 0.6) is 5.88 Å². The zero-order valence-corrected chi connectivity index (χ0v) is 7.70. The Morgan fingerprint density at radius 3 is 2.85 bits per heavy atom. The van der Waals surface area contributed by atoms with Gasteiger partial charge in [0.25, 0.3) is 0 Å². The second-order valence-corrected chi connectivity index (χ2v) is 2.70. The first kappa shape index (κ1) is 9.67. The summed E-state index contributed by atoms with van der Waals surface area (Å²) in [6.45, 7) is 1.84. The van der Waals surface area contributed by atoms with Gasteiger partial charge >= 0.3 is 0 Å². The quantitative estimate of drug-likeness (QED) is 0.689. The highest BCUT2D eigenvalue weighted by atomic mass is 16.5. The van der Waals surface area contributed by atoms with Crippen molar-refractivity contribution in [3.8, 4) is 5.88 Å². The van der Waals surface area contributed by atoms with E-state index in [2.05, 4.69) is 4.98 Å². The molecule has 0 aliphatic carbocycles. The van der Waals surface area contributed by atoms with E-state index >= 15 is 0 Å². The van der Waals surface area contributed by atoms with Gasteiger partial charge in [0.1, 0.15) is 5.69 Å². The number of pyridine rings is 1. The molecule has 13 heavy (non-hydrogen) atoms. The normalized spacial score (nSPS) is 9.77. The molecule has 0 atom stereocenters. The first-order valence-electron chi connectivity index (χ1n) is 3.93. The van der Waals surface area contributed by atoms with Crippen LogP contribution in [0.3, 0.4) is 0 Å². The fraction of sp³-hybridized carbons (Fsp3) is 0.333. The number of rotatable bonds is 3. The topological polar surface area (TPSA) is 65.2 Å². The van der Waals surface area contributed by atoms with Crippen molar-refractivity contribution in [2.75, 3.05) is 13.7 Å². The van der Waals surface area contributed by atoms with E-state index in [0.717, 1.165) is 5.56 Å². The van der Waals surface area contributed by atoms with E-state index in [4.69, 9.17) is 10.5 Å². The van der Waals surface area contributed by atoms with Gasteiger partial charge in [0.2, 0.25) is 5.88 Å². The molecule has 0 unspecified atom stereocenters. The number of aromatic nitrogens is 1. The van der Waals surface area contributed by atoms with Gasteiger partial charge in [-0.25, -0.2) is 4.98 Å². The molecule has 0 spiro atoms. The van der Waals surface area contributed by atoms with Gasteiger partial charge < -0.3 is 10.5 Å². The van der Waals surface area contributed by atoms with Crippen LogP contribution >= 0.6 is 0 Å². The average Bonchev–Trinajstić information content (AvgIpc) is 2.15. The van der Waals surface area contributed by atoms with Crippen LogP contribution in [0.4, 0.5) is 0 Å². The van der Waals surface area contributed by atoms with Gasteiger partial charge in [-0.3, -0.25) is 4.79 Å². The van der Waals surface area contributed by atoms with E-state index in [1.807, 2.05) is 6.92 Å². The van der Waals surface area contributed by atoms with Crippen molar-refractivity contribution in [1.29, 1.82) is 0 Å². The summed E-state index contributed by atoms with van der Waals surface area (Å²) in [6, 6.07) is 3.45. The molecule has 4 nitrogen and oxygen atoms in total. The summed E-state index contributed by atoms with van der Waals surface area (Å²) in [6.07, 6.45) is 0. The van der Waals surface area contributed by atoms with Gasteiger partial charge in [-0.2, -0.15) is 0 Å². The van der Waals surface area contributed by atoms with Gasteiger partial charge in [-0.05, 0) is 18.6 Å². The summed E-state index contributed by atoms with van der Waals surface area (Å²) in [5.74, 6) is 0.263. The Labute approximate surface area is 76.7 Å². The maximum absolute atomic E-state index is 11.2. The predicted molar refractivity (Wildman–Crippen MR) is 48.9 cm³/mol. The monoisotopic (exact) mass is 180 g/mol. The van der Waals surface area contributed by atoms with Crippen molar-refractivity contribution < 1.29 is 9.53 Å². The molecular formula is C9H12N2O2. The van der Waals surface area contributed by atoms with E-state index < -0.39 is 0 Å². The third-order valence-corrected chi connectivity index (χ3v) is 1.63. The Kier molecular flexibility index (Phi) is 2.97. The number of methoxy groups -OCH3 is 1. The van der Waals surface area contributed by atoms with E-state index in [-0.39, 0.29) is 12.3 Å². The molecule has 0 saturated heterocycles. The summed E-state index contributed by atoms with van der Waals surface area (Å²) >= 11 is 0. The molecule has 0 radical (unpaired) electrons. The predicted octanol–water partition coefficient (Wildman–Crippen LogP) is 0.540. The Morgan fingerprint density at radius 2 is 2.31 bits per heavy atom. The van der Waals surface area contributed by atoms with Crippen LogP contribution in [0.1, 0.15) is 16.1 Å². The van der Waals surface area contributed by atoms with Crippen LogP contribution in [0, 0.1) is 6.92 Å². The first-order valence-corrected chi connectivity index (χ1v) is 3.93. The van der Waals surface area contributed by atoms with Gasteiger partial charge in [0.05, 0.1) is 13.7 Å². The molecule has 0 amide bonds. The number of Topliss-reactive ketones (excluding diaryl/α,β-unsaturated/α-hetero) is 1. The number of nitrogens with zero attached hydrogens (tertiary/aromatic N) is 1. The van der Waals surface area contributed by atoms with E-state index in [1.165, 1.54) is 7.11 Å². The highest BCUT2D eigenvalue weighted by Crippen LogP contribution is 2.11. The second-order valence-electron chi connectivity index (χ2n) is 2.70. The molecule has 2 N–H and O–H groups in total. The third-order valence-electron chi connectivity index (χ3n) is 1.63. The Morgan fingerprint density at radius 1 is 1.62 bits per heavy atom. The summed E-state index contributed by atoms with van der Waals surface area (Å²) in [5.41, 5.74) is 6.51. The largest absolute Gasteiger partial charge is 0.481 e. The lowest BCUT2D eigenvalue weighted by Crippen LogP contribution is -2.15. The van der Waals surface area contributed by atoms with Crippen LogP contribution in [0.25, 0.3) is 0 Å². The summed E-state index contributed by atoms with van der Waals surface area (Å²) in [5, 5.41) is 0. The third kappa shape index (κ3) is 2.26. The molecule has 4 heteroatoms. The standard InChI is InChI=1S/C9H12N2O2/c1-6-3-7(8(12)5-10)11-9(4-6)13-2/h3-4H,5,10H2,1-2H3. The summed E-state index contributed by atoms with van der Waals surface area (Å²) in [7, 11) is 1.51. The highest BCUT2D eigenvalue weighted by molar-refractivity contribution is 5.95. The van der Waals surface area contributed by atoms with Crippen molar-refractivity contribution in [2.24, 2.45) is 5.73 Å². The molecule has 0 bridgehead atoms. The van der Waals surface area contributed by atoms with Gasteiger partial charge in [0, 0.05) is 6.07 Å². The fourth-order valence-electron chi connectivity index (χ4n) is 0.987. The molecule has 70 valence electrons. The number of ketones is 1. The maximum atomic E-state index is 11.2. The van der Waals surface area contributed by atoms with Crippen LogP contribution in [-0.2, 0) is 0 Å². The highest BCUT2D eigenvalue weighted by Gasteiger charge is 2.07. The lowest BCUT2D eigenvalue weighted by atomic mass is 10.2. The fourth-order valence-corrected chi connectivity index (χ4v) is 0.987. The van der Waals surface area contributed by atoms with Crippen molar-refractivity contribution in [3.05, 3.63) is 23.4 Å². The van der Waals surface area contributed by atoms with E-state index in [9.17, 15) is 4.79 Å². The number of carbonyl (C=O) groups is 1. The van der Waals surface area contributed by atoms with Crippen LogP contribution in [0.15, 0.2) is 12.1 Å². The number of carbonyl (C=O) groups excluding carboxylic acids is 1. The molecule has 1 heterocycles. The SMILES string of the molecule is COc1cc(C)cc(C(=O)CN)n1. The molecule has 0 fully saturated rings. The summed E-state index contributed by atoms with van der Waals surface area (Å²) < 4.78 is 4.93. The van der Waals surface area contributed by atoms with Crippen molar-refractivity contribution in [1.82, 2.24) is 4.98 Å². The second kappa shape index (κ2) is 4.00. The van der Waals surface area contributed by atoms with Crippen LogP contribution in [-0.4, -0.2) is 24.4 Å². The number of hydrogen-bond donors (Lipinski definition) is 1. The molecule has 1 aromatic rings. The Hall–Kier alpha value is -1.42. The molecular weight excluding hydrogens is 168 g/mol. The first-order chi connectivity index (χ1) is 6.17. The number of hydrogen-bond acceptors (Lipinski definition) is 4. The lowest BCUT2D eigenvalue weighted by molar-refractivity contribution is 0.0995. The van der Waals surface area contributed by atoms with Crippen LogP contribution in [0.2, 0.25) is 0 Å². The van der Waals surface area contributed by atoms with Crippen LogP contribution < -0.4 is 10.5 Å².